The first-order valence-electron chi connectivity index (χ1n) is 5.00. The maximum atomic E-state index is 13.5. The number of halogens is 2. The van der Waals surface area contributed by atoms with Crippen LogP contribution in [0.2, 0.25) is 0 Å². The normalized spacial score (nSPS) is 10.3. The molecule has 17 heavy (non-hydrogen) atoms. The molecule has 0 N–H and O–H groups in total. The van der Waals surface area contributed by atoms with E-state index >= 15 is 0 Å². The van der Waals surface area contributed by atoms with E-state index < -0.39 is 11.6 Å². The lowest BCUT2D eigenvalue weighted by Gasteiger charge is -2.04. The molecule has 0 saturated heterocycles. The molecule has 0 bridgehead atoms. The molecular formula is C13H9F2NO. The van der Waals surface area contributed by atoms with Gasteiger partial charge in [-0.1, -0.05) is 18.2 Å². The van der Waals surface area contributed by atoms with E-state index in [1.807, 2.05) is 0 Å². The van der Waals surface area contributed by atoms with Crippen LogP contribution in [0.5, 0.6) is 0 Å². The fourth-order valence-electron chi connectivity index (χ4n) is 1.51. The van der Waals surface area contributed by atoms with Gasteiger partial charge in [-0.05, 0) is 13.0 Å². The monoisotopic (exact) mass is 233 g/mol. The lowest BCUT2D eigenvalue weighted by Crippen LogP contribution is -1.95. The number of carbonyl (C=O) groups is 1. The topological polar surface area (TPSA) is 30.0 Å². The molecule has 4 heteroatoms. The maximum absolute atomic E-state index is 13.5. The number of hydrogen-bond donors (Lipinski definition) is 0. The Bertz CT molecular complexity index is 581. The summed E-state index contributed by atoms with van der Waals surface area (Å²) in [5.74, 6) is -1.59. The highest BCUT2D eigenvalue weighted by atomic mass is 19.1. The summed E-state index contributed by atoms with van der Waals surface area (Å²) in [5.41, 5.74) is 0.956. The van der Waals surface area contributed by atoms with Gasteiger partial charge in [-0.2, -0.15) is 0 Å². The molecule has 0 radical (unpaired) electrons. The summed E-state index contributed by atoms with van der Waals surface area (Å²) in [5, 5.41) is 0. The lowest BCUT2D eigenvalue weighted by atomic mass is 10.1. The van der Waals surface area contributed by atoms with Gasteiger partial charge in [-0.15, -0.1) is 0 Å². The molecule has 0 spiro atoms. The van der Waals surface area contributed by atoms with Crippen LogP contribution < -0.4 is 0 Å². The molecule has 0 amide bonds. The van der Waals surface area contributed by atoms with Crippen molar-refractivity contribution in [3.8, 4) is 11.3 Å². The molecule has 1 aromatic heterocycles. The van der Waals surface area contributed by atoms with Crippen LogP contribution in [0.15, 0.2) is 36.5 Å². The molecule has 1 heterocycles. The van der Waals surface area contributed by atoms with Crippen LogP contribution in [-0.4, -0.2) is 10.8 Å². The van der Waals surface area contributed by atoms with Crippen LogP contribution in [0.1, 0.15) is 17.3 Å². The zero-order chi connectivity index (χ0) is 12.4. The van der Waals surface area contributed by atoms with Gasteiger partial charge in [0.25, 0.3) is 0 Å². The van der Waals surface area contributed by atoms with E-state index in [1.165, 1.54) is 13.0 Å². The number of ketones is 1. The van der Waals surface area contributed by atoms with Crippen molar-refractivity contribution in [1.29, 1.82) is 0 Å². The molecule has 2 nitrogen and oxygen atoms in total. The van der Waals surface area contributed by atoms with E-state index in [0.717, 1.165) is 12.3 Å². The maximum Gasteiger partial charge on any atom is 0.159 e. The summed E-state index contributed by atoms with van der Waals surface area (Å²) in [6.45, 7) is 1.42. The Balaban J connectivity index is 2.53. The van der Waals surface area contributed by atoms with Crippen molar-refractivity contribution in [2.45, 2.75) is 6.92 Å². The van der Waals surface area contributed by atoms with Crippen molar-refractivity contribution in [3.05, 3.63) is 53.7 Å². The Morgan fingerprint density at radius 2 is 2.00 bits per heavy atom. The summed E-state index contributed by atoms with van der Waals surface area (Å²) < 4.78 is 26.2. The zero-order valence-electron chi connectivity index (χ0n) is 9.08. The number of hydrogen-bond acceptors (Lipinski definition) is 2. The molecule has 0 fully saturated rings. The Kier molecular flexibility index (Phi) is 2.95. The van der Waals surface area contributed by atoms with Gasteiger partial charge in [0.2, 0.25) is 0 Å². The van der Waals surface area contributed by atoms with Crippen LogP contribution in [0.3, 0.4) is 0 Å². The SMILES string of the molecule is CC(=O)c1cccc(-c2ncc(F)cc2F)c1. The fourth-order valence-corrected chi connectivity index (χ4v) is 1.51. The second-order valence-corrected chi connectivity index (χ2v) is 3.62. The Hall–Kier alpha value is -2.10. The minimum Gasteiger partial charge on any atom is -0.295 e. The zero-order valence-corrected chi connectivity index (χ0v) is 9.08. The summed E-state index contributed by atoms with van der Waals surface area (Å²) in [6, 6.07) is 7.19. The highest BCUT2D eigenvalue weighted by molar-refractivity contribution is 5.95. The molecule has 2 aromatic rings. The van der Waals surface area contributed by atoms with Gasteiger partial charge < -0.3 is 0 Å². The molecule has 2 rings (SSSR count). The molecule has 0 aliphatic carbocycles. The van der Waals surface area contributed by atoms with Crippen LogP contribution in [0.4, 0.5) is 8.78 Å². The van der Waals surface area contributed by atoms with Gasteiger partial charge in [0.15, 0.2) is 11.6 Å². The third-order valence-corrected chi connectivity index (χ3v) is 2.35. The molecule has 0 atom stereocenters. The number of Topliss-reactive ketones (excluding diaryl/α,β-unsaturated/α-hetero) is 1. The number of benzene rings is 1. The molecule has 0 saturated carbocycles. The first-order chi connectivity index (χ1) is 8.08. The van der Waals surface area contributed by atoms with E-state index in [4.69, 9.17) is 0 Å². The Labute approximate surface area is 96.9 Å². The van der Waals surface area contributed by atoms with Crippen molar-refractivity contribution >= 4 is 5.78 Å². The van der Waals surface area contributed by atoms with E-state index in [2.05, 4.69) is 4.98 Å². The van der Waals surface area contributed by atoms with Gasteiger partial charge in [-0.25, -0.2) is 8.78 Å². The van der Waals surface area contributed by atoms with E-state index in [1.54, 1.807) is 18.2 Å². The third kappa shape index (κ3) is 2.36. The minimum atomic E-state index is -0.745. The summed E-state index contributed by atoms with van der Waals surface area (Å²) >= 11 is 0. The number of pyridine rings is 1. The van der Waals surface area contributed by atoms with E-state index in [-0.39, 0.29) is 11.5 Å². The molecular weight excluding hydrogens is 224 g/mol. The first-order valence-corrected chi connectivity index (χ1v) is 5.00. The minimum absolute atomic E-state index is 0.0366. The van der Waals surface area contributed by atoms with Gasteiger partial charge in [0, 0.05) is 17.2 Å². The number of rotatable bonds is 2. The second-order valence-electron chi connectivity index (χ2n) is 3.62. The summed E-state index contributed by atoms with van der Waals surface area (Å²) in [7, 11) is 0. The third-order valence-electron chi connectivity index (χ3n) is 2.35. The largest absolute Gasteiger partial charge is 0.295 e. The van der Waals surface area contributed by atoms with Crippen LogP contribution in [0.25, 0.3) is 11.3 Å². The highest BCUT2D eigenvalue weighted by Gasteiger charge is 2.09. The van der Waals surface area contributed by atoms with Crippen molar-refractivity contribution in [2.75, 3.05) is 0 Å². The highest BCUT2D eigenvalue weighted by Crippen LogP contribution is 2.21. The first kappa shape index (κ1) is 11.4. The molecule has 0 aliphatic rings. The van der Waals surface area contributed by atoms with Crippen molar-refractivity contribution in [2.24, 2.45) is 0 Å². The van der Waals surface area contributed by atoms with Gasteiger partial charge in [-0.3, -0.25) is 9.78 Å². The summed E-state index contributed by atoms with van der Waals surface area (Å²) in [6.07, 6.45) is 0.943. The predicted molar refractivity (Wildman–Crippen MR) is 59.6 cm³/mol. The molecule has 0 unspecified atom stereocenters. The average molecular weight is 233 g/mol. The number of carbonyl (C=O) groups excluding carboxylic acids is 1. The van der Waals surface area contributed by atoms with E-state index in [0.29, 0.717) is 11.1 Å². The van der Waals surface area contributed by atoms with Gasteiger partial charge >= 0.3 is 0 Å². The smallest absolute Gasteiger partial charge is 0.159 e. The van der Waals surface area contributed by atoms with Crippen LogP contribution in [-0.2, 0) is 0 Å². The van der Waals surface area contributed by atoms with Crippen molar-refractivity contribution < 1.29 is 13.6 Å². The second kappa shape index (κ2) is 4.41. The summed E-state index contributed by atoms with van der Waals surface area (Å²) in [4.78, 5) is 14.9. The van der Waals surface area contributed by atoms with Crippen LogP contribution in [0, 0.1) is 11.6 Å². The predicted octanol–water partition coefficient (Wildman–Crippen LogP) is 3.23. The van der Waals surface area contributed by atoms with E-state index in [9.17, 15) is 13.6 Å². The van der Waals surface area contributed by atoms with Crippen LogP contribution >= 0.6 is 0 Å². The van der Waals surface area contributed by atoms with Crippen molar-refractivity contribution in [3.63, 3.8) is 0 Å². The standard InChI is InChI=1S/C13H9F2NO/c1-8(17)9-3-2-4-10(5-9)13-12(15)6-11(14)7-16-13/h2-7H,1H3. The van der Waals surface area contributed by atoms with Gasteiger partial charge in [0.1, 0.15) is 11.5 Å². The quantitative estimate of drug-likeness (QED) is 0.745. The molecule has 0 aliphatic heterocycles. The average Bonchev–Trinajstić information content (AvgIpc) is 2.29. The molecule has 1 aromatic carbocycles. The number of nitrogens with zero attached hydrogens (tertiary/aromatic N) is 1. The van der Waals surface area contributed by atoms with Crippen molar-refractivity contribution in [1.82, 2.24) is 4.98 Å². The van der Waals surface area contributed by atoms with Gasteiger partial charge in [0.05, 0.1) is 6.20 Å². The number of aromatic nitrogens is 1. The Morgan fingerprint density at radius 3 is 2.65 bits per heavy atom. The molecule has 86 valence electrons. The fraction of sp³-hybridized carbons (Fsp3) is 0.0769. The lowest BCUT2D eigenvalue weighted by molar-refractivity contribution is 0.101. The Morgan fingerprint density at radius 1 is 1.24 bits per heavy atom.